The molecule has 4 N–H and O–H groups in total. The molecule has 3 heterocycles. The zero-order valence-corrected chi connectivity index (χ0v) is 22.4. The largest absolute Gasteiger partial charge is 0.481 e. The van der Waals surface area contributed by atoms with E-state index in [0.29, 0.717) is 19.8 Å². The number of rotatable bonds is 9. The molecule has 12 heteroatoms. The number of nitrogens with one attached hydrogen (secondary N) is 1. The molecule has 204 valence electrons. The van der Waals surface area contributed by atoms with E-state index in [2.05, 4.69) is 0 Å². The zero-order valence-electron chi connectivity index (χ0n) is 20.7. The Labute approximate surface area is 221 Å². The number of nitrogens with two attached hydrogens (primary N) is 1. The number of nitrogens with zero attached hydrogens (tertiary/aromatic N) is 3. The lowest BCUT2D eigenvalue weighted by Crippen LogP contribution is -2.56. The normalized spacial score (nSPS) is 24.3. The van der Waals surface area contributed by atoms with Crippen molar-refractivity contribution < 1.29 is 24.2 Å². The number of halogens is 2. The van der Waals surface area contributed by atoms with Crippen molar-refractivity contribution >= 4 is 42.7 Å². The Morgan fingerprint density at radius 3 is 2.46 bits per heavy atom. The second kappa shape index (κ2) is 15.7. The number of carboxylic acids is 1. The summed E-state index contributed by atoms with van der Waals surface area (Å²) in [4.78, 5) is 30.9. The Hall–Kier alpha value is -1.33. The number of guanidine groups is 1. The minimum atomic E-state index is -0.953. The number of hydrogen-bond donors (Lipinski definition) is 3. The number of likely N-dealkylation sites (N-methyl/N-ethyl adjacent to an activating group) is 1. The molecule has 0 spiro atoms. The summed E-state index contributed by atoms with van der Waals surface area (Å²) in [7, 11) is 1.86. The first-order valence-corrected chi connectivity index (χ1v) is 12.4. The quantitative estimate of drug-likeness (QED) is 0.299. The number of ether oxygens (including phenoxy) is 2. The first kappa shape index (κ1) is 31.7. The van der Waals surface area contributed by atoms with Crippen LogP contribution >= 0.6 is 24.8 Å². The zero-order chi connectivity index (χ0) is 23.8. The van der Waals surface area contributed by atoms with Gasteiger partial charge in [-0.05, 0) is 58.4 Å². The second-order valence-electron chi connectivity index (χ2n) is 9.56. The number of carbonyl (C=O) groups is 2. The van der Waals surface area contributed by atoms with E-state index in [4.69, 9.17) is 20.6 Å². The molecule has 0 bridgehead atoms. The van der Waals surface area contributed by atoms with E-state index in [9.17, 15) is 14.7 Å². The van der Waals surface area contributed by atoms with Crippen LogP contribution in [0.4, 0.5) is 0 Å². The standard InChI is InChI=1S/C23H41N5O5.2ClH/c1-26(18-6-4-13-32-16-18)20(15-21(29)30)22(31)28-10-3-2-5-17(28)9-14-33-19-7-11-27(12-8-19)23(24)25;;/h17-20H,2-16H2,1H3,(H3,24,25)(H,29,30);2*1H/t17-,18?,20-;;/m0../s1. The van der Waals surface area contributed by atoms with Crippen LogP contribution in [-0.2, 0) is 19.1 Å². The predicted octanol–water partition coefficient (Wildman–Crippen LogP) is 1.93. The highest BCUT2D eigenvalue weighted by atomic mass is 35.5. The molecule has 35 heavy (non-hydrogen) atoms. The lowest BCUT2D eigenvalue weighted by atomic mass is 9.97. The van der Waals surface area contributed by atoms with Crippen molar-refractivity contribution in [2.75, 3.05) is 46.5 Å². The third kappa shape index (κ3) is 9.24. The third-order valence-electron chi connectivity index (χ3n) is 7.35. The van der Waals surface area contributed by atoms with Gasteiger partial charge in [-0.1, -0.05) is 0 Å². The summed E-state index contributed by atoms with van der Waals surface area (Å²) in [6, 6.07) is -0.526. The molecule has 0 radical (unpaired) electrons. The smallest absolute Gasteiger partial charge is 0.305 e. The van der Waals surface area contributed by atoms with Crippen molar-refractivity contribution in [2.45, 2.75) is 82.0 Å². The van der Waals surface area contributed by atoms with Gasteiger partial charge >= 0.3 is 5.97 Å². The maximum Gasteiger partial charge on any atom is 0.305 e. The highest BCUT2D eigenvalue weighted by molar-refractivity contribution is 5.86. The van der Waals surface area contributed by atoms with Crippen molar-refractivity contribution in [3.8, 4) is 0 Å². The number of carbonyl (C=O) groups excluding carboxylic acids is 1. The lowest BCUT2D eigenvalue weighted by Gasteiger charge is -2.42. The number of piperidine rings is 2. The molecule has 0 saturated carbocycles. The molecule has 3 aliphatic heterocycles. The predicted molar refractivity (Wildman–Crippen MR) is 139 cm³/mol. The lowest BCUT2D eigenvalue weighted by molar-refractivity contribution is -0.149. The summed E-state index contributed by atoms with van der Waals surface area (Å²) in [6.45, 7) is 3.99. The SMILES string of the molecule is CN(C1CCCOC1)[C@@H](CC(=O)O)C(=O)N1CCCC[C@H]1CCOC1CCN(C(=N)N)CC1.Cl.Cl. The summed E-state index contributed by atoms with van der Waals surface area (Å²) in [6.07, 6.45) is 7.21. The summed E-state index contributed by atoms with van der Waals surface area (Å²) in [5.41, 5.74) is 5.56. The van der Waals surface area contributed by atoms with Crippen LogP contribution in [-0.4, -0.2) is 108 Å². The van der Waals surface area contributed by atoms with Crippen LogP contribution in [0.15, 0.2) is 0 Å². The Morgan fingerprint density at radius 2 is 1.86 bits per heavy atom. The minimum Gasteiger partial charge on any atom is -0.481 e. The molecule has 3 atom stereocenters. The Bertz CT molecular complexity index is 675. The number of aliphatic carboxylic acids is 1. The molecule has 0 aliphatic carbocycles. The number of likely N-dealkylation sites (tertiary alicyclic amines) is 2. The molecule has 3 rings (SSSR count). The van der Waals surface area contributed by atoms with Crippen LogP contribution in [0.3, 0.4) is 0 Å². The maximum atomic E-state index is 13.6. The third-order valence-corrected chi connectivity index (χ3v) is 7.35. The van der Waals surface area contributed by atoms with Gasteiger partial charge in [0.2, 0.25) is 5.91 Å². The molecule has 3 aliphatic rings. The van der Waals surface area contributed by atoms with E-state index < -0.39 is 12.0 Å². The van der Waals surface area contributed by atoms with Gasteiger partial charge in [-0.25, -0.2) is 0 Å². The van der Waals surface area contributed by atoms with Gasteiger partial charge in [-0.2, -0.15) is 0 Å². The molecule has 3 saturated heterocycles. The molecule has 10 nitrogen and oxygen atoms in total. The summed E-state index contributed by atoms with van der Waals surface area (Å²) >= 11 is 0. The van der Waals surface area contributed by atoms with Gasteiger partial charge in [0.1, 0.15) is 0 Å². The molecule has 3 fully saturated rings. The number of amides is 1. The molecular formula is C23H43Cl2N5O5. The summed E-state index contributed by atoms with van der Waals surface area (Å²) in [5, 5.41) is 17.0. The molecule has 1 amide bonds. The van der Waals surface area contributed by atoms with E-state index in [-0.39, 0.29) is 61.3 Å². The molecule has 1 unspecified atom stereocenters. The maximum absolute atomic E-state index is 13.6. The summed E-state index contributed by atoms with van der Waals surface area (Å²) in [5.74, 6) is -0.916. The van der Waals surface area contributed by atoms with Gasteiger partial charge in [-0.15, -0.1) is 24.8 Å². The van der Waals surface area contributed by atoms with Crippen LogP contribution in [0, 0.1) is 5.41 Å². The van der Waals surface area contributed by atoms with Crippen LogP contribution in [0.25, 0.3) is 0 Å². The average Bonchev–Trinajstić information content (AvgIpc) is 2.83. The van der Waals surface area contributed by atoms with Gasteiger partial charge in [0.05, 0.1) is 25.2 Å². The van der Waals surface area contributed by atoms with Gasteiger partial charge in [-0.3, -0.25) is 19.9 Å². The highest BCUT2D eigenvalue weighted by Crippen LogP contribution is 2.25. The second-order valence-corrected chi connectivity index (χ2v) is 9.56. The van der Waals surface area contributed by atoms with Gasteiger partial charge in [0, 0.05) is 44.9 Å². The first-order valence-electron chi connectivity index (χ1n) is 12.4. The van der Waals surface area contributed by atoms with Crippen LogP contribution in [0.5, 0.6) is 0 Å². The van der Waals surface area contributed by atoms with E-state index in [1.807, 2.05) is 21.7 Å². The Morgan fingerprint density at radius 1 is 1.14 bits per heavy atom. The van der Waals surface area contributed by atoms with Crippen molar-refractivity contribution in [1.29, 1.82) is 5.41 Å². The minimum absolute atomic E-state index is 0. The summed E-state index contributed by atoms with van der Waals surface area (Å²) < 4.78 is 11.7. The molecule has 0 aromatic carbocycles. The van der Waals surface area contributed by atoms with Crippen molar-refractivity contribution in [3.63, 3.8) is 0 Å². The Kier molecular flexibility index (Phi) is 14.2. The molecule has 0 aromatic rings. The van der Waals surface area contributed by atoms with Gasteiger partial charge in [0.25, 0.3) is 0 Å². The molecule has 0 aromatic heterocycles. The van der Waals surface area contributed by atoms with Gasteiger partial charge < -0.3 is 30.1 Å². The van der Waals surface area contributed by atoms with E-state index >= 15 is 0 Å². The topological polar surface area (TPSA) is 132 Å². The van der Waals surface area contributed by atoms with Crippen molar-refractivity contribution in [1.82, 2.24) is 14.7 Å². The van der Waals surface area contributed by atoms with Crippen LogP contribution in [0.2, 0.25) is 0 Å². The van der Waals surface area contributed by atoms with E-state index in [0.717, 1.165) is 71.1 Å². The molecular weight excluding hydrogens is 497 g/mol. The fourth-order valence-corrected chi connectivity index (χ4v) is 5.29. The van der Waals surface area contributed by atoms with Crippen LogP contribution in [0.1, 0.15) is 57.8 Å². The number of carboxylic acid groups (broad SMARTS) is 1. The highest BCUT2D eigenvalue weighted by Gasteiger charge is 2.37. The monoisotopic (exact) mass is 539 g/mol. The number of hydrogen-bond acceptors (Lipinski definition) is 6. The Balaban J connectivity index is 0.00000306. The van der Waals surface area contributed by atoms with E-state index in [1.165, 1.54) is 0 Å². The fraction of sp³-hybridized carbons (Fsp3) is 0.870. The van der Waals surface area contributed by atoms with Gasteiger partial charge in [0.15, 0.2) is 5.96 Å². The van der Waals surface area contributed by atoms with Crippen LogP contribution < -0.4 is 5.73 Å². The van der Waals surface area contributed by atoms with E-state index in [1.54, 1.807) is 0 Å². The van der Waals surface area contributed by atoms with Crippen molar-refractivity contribution in [3.05, 3.63) is 0 Å². The first-order chi connectivity index (χ1) is 15.9. The fourth-order valence-electron chi connectivity index (χ4n) is 5.29. The average molecular weight is 541 g/mol. The van der Waals surface area contributed by atoms with Crippen molar-refractivity contribution in [2.24, 2.45) is 5.73 Å².